The van der Waals surface area contributed by atoms with E-state index in [-0.39, 0.29) is 46.9 Å². The van der Waals surface area contributed by atoms with Crippen molar-refractivity contribution in [3.8, 4) is 0 Å². The fourth-order valence-corrected chi connectivity index (χ4v) is 7.18. The Hall–Kier alpha value is -0.770. The Labute approximate surface area is 143 Å². The molecule has 8 atom stereocenters. The maximum absolute atomic E-state index is 14.2. The van der Waals surface area contributed by atoms with Crippen molar-refractivity contribution in [2.24, 2.45) is 40.4 Å². The molecule has 0 aromatic carbocycles. The van der Waals surface area contributed by atoms with E-state index in [4.69, 9.17) is 5.41 Å². The Bertz CT molecular complexity index is 578. The first-order valence-corrected chi connectivity index (χ1v) is 9.65. The van der Waals surface area contributed by atoms with Crippen LogP contribution >= 0.6 is 0 Å². The number of aliphatic hydroxyl groups is 1. The number of nitrogens with one attached hydrogen (secondary N) is 1. The lowest BCUT2D eigenvalue weighted by Crippen LogP contribution is -2.60. The van der Waals surface area contributed by atoms with Gasteiger partial charge in [0.2, 0.25) is 0 Å². The summed E-state index contributed by atoms with van der Waals surface area (Å²) in [5.41, 5.74) is 0.708. The van der Waals surface area contributed by atoms with E-state index in [0.717, 1.165) is 31.4 Å². The summed E-state index contributed by atoms with van der Waals surface area (Å²) < 4.78 is 14.2. The topological polar surface area (TPSA) is 61.1 Å². The number of carbonyl (C=O) groups excluding carboxylic acids is 1. The maximum Gasteiger partial charge on any atom is 0.142 e. The fourth-order valence-electron chi connectivity index (χ4n) is 7.18. The van der Waals surface area contributed by atoms with Gasteiger partial charge >= 0.3 is 0 Å². The van der Waals surface area contributed by atoms with Gasteiger partial charge in [-0.3, -0.25) is 4.79 Å². The molecule has 4 rings (SSSR count). The summed E-state index contributed by atoms with van der Waals surface area (Å²) in [7, 11) is 0. The van der Waals surface area contributed by atoms with Gasteiger partial charge in [0.15, 0.2) is 0 Å². The van der Waals surface area contributed by atoms with Gasteiger partial charge in [-0.15, -0.1) is 0 Å². The molecule has 0 spiro atoms. The molecular formula is C20H30FNO2. The number of carbonyl (C=O) groups is 1. The number of fused-ring (bicyclic) bond motifs is 5. The lowest BCUT2D eigenvalue weighted by atomic mass is 9.43. The lowest BCUT2D eigenvalue weighted by Gasteiger charge is -2.60. The number of halogens is 1. The zero-order valence-corrected chi connectivity index (χ0v) is 14.9. The number of alkyl halides is 1. The molecule has 0 heterocycles. The van der Waals surface area contributed by atoms with Crippen molar-refractivity contribution in [3.05, 3.63) is 0 Å². The van der Waals surface area contributed by atoms with E-state index < -0.39 is 6.17 Å². The van der Waals surface area contributed by atoms with E-state index in [9.17, 15) is 14.3 Å². The van der Waals surface area contributed by atoms with Gasteiger partial charge in [0.1, 0.15) is 12.0 Å². The summed E-state index contributed by atoms with van der Waals surface area (Å²) in [5.74, 6) is 0.323. The Morgan fingerprint density at radius 1 is 1.25 bits per heavy atom. The van der Waals surface area contributed by atoms with Crippen molar-refractivity contribution in [2.75, 3.05) is 6.61 Å². The Morgan fingerprint density at radius 3 is 2.71 bits per heavy atom. The molecule has 4 aliphatic rings. The van der Waals surface area contributed by atoms with E-state index >= 15 is 0 Å². The van der Waals surface area contributed by atoms with Crippen molar-refractivity contribution in [1.29, 1.82) is 5.41 Å². The minimum absolute atomic E-state index is 0.0201. The second kappa shape index (κ2) is 5.36. The predicted octanol–water partition coefficient (Wildman–Crippen LogP) is 3.78. The van der Waals surface area contributed by atoms with E-state index in [1.54, 1.807) is 0 Å². The second-order valence-electron chi connectivity index (χ2n) is 9.58. The molecule has 2 N–H and O–H groups in total. The Kier molecular flexibility index (Phi) is 3.73. The molecule has 0 aromatic heterocycles. The third-order valence-electron chi connectivity index (χ3n) is 8.49. The molecular weight excluding hydrogens is 305 g/mol. The standard InChI is InChI=1S/C20H30FNO2/c1-19-5-4-14-17(16(19)7-11(21)9-19)18(24)13(10-23)15-8-12(22)3-6-20(14,15)2/h11,13-17,22-23H,3-10H2,1-2H3. The van der Waals surface area contributed by atoms with Gasteiger partial charge in [0, 0.05) is 17.5 Å². The molecule has 4 aliphatic carbocycles. The van der Waals surface area contributed by atoms with Gasteiger partial charge in [-0.1, -0.05) is 13.8 Å². The zero-order valence-electron chi connectivity index (χ0n) is 14.9. The molecule has 4 heteroatoms. The normalized spacial score (nSPS) is 54.2. The summed E-state index contributed by atoms with van der Waals surface area (Å²) in [6.07, 6.45) is 4.81. The van der Waals surface area contributed by atoms with Crippen molar-refractivity contribution < 1.29 is 14.3 Å². The minimum Gasteiger partial charge on any atom is -0.396 e. The van der Waals surface area contributed by atoms with Crippen molar-refractivity contribution in [3.63, 3.8) is 0 Å². The molecule has 4 saturated carbocycles. The second-order valence-corrected chi connectivity index (χ2v) is 9.58. The van der Waals surface area contributed by atoms with Crippen LogP contribution in [0.1, 0.15) is 58.8 Å². The van der Waals surface area contributed by atoms with Crippen LogP contribution in [0.5, 0.6) is 0 Å². The van der Waals surface area contributed by atoms with Crippen LogP contribution in [-0.2, 0) is 4.79 Å². The van der Waals surface area contributed by atoms with E-state index in [1.807, 2.05) is 0 Å². The van der Waals surface area contributed by atoms with Crippen molar-refractivity contribution in [2.45, 2.75) is 65.0 Å². The Morgan fingerprint density at radius 2 is 2.00 bits per heavy atom. The van der Waals surface area contributed by atoms with E-state index in [0.29, 0.717) is 25.2 Å². The molecule has 0 aromatic rings. The van der Waals surface area contributed by atoms with Crippen molar-refractivity contribution >= 4 is 11.5 Å². The minimum atomic E-state index is -0.774. The molecule has 24 heavy (non-hydrogen) atoms. The highest BCUT2D eigenvalue weighted by molar-refractivity contribution is 5.89. The fraction of sp³-hybridized carbons (Fsp3) is 0.900. The van der Waals surface area contributed by atoms with Gasteiger partial charge in [0.25, 0.3) is 0 Å². The van der Waals surface area contributed by atoms with E-state index in [2.05, 4.69) is 13.8 Å². The number of hydrogen-bond acceptors (Lipinski definition) is 3. The van der Waals surface area contributed by atoms with Gasteiger partial charge in [-0.05, 0) is 73.5 Å². The number of ketones is 1. The maximum atomic E-state index is 14.2. The first kappa shape index (κ1) is 16.7. The highest BCUT2D eigenvalue weighted by Crippen LogP contribution is 2.66. The first-order valence-electron chi connectivity index (χ1n) is 9.65. The molecule has 8 unspecified atom stereocenters. The van der Waals surface area contributed by atoms with Crippen LogP contribution in [0.15, 0.2) is 0 Å². The number of aliphatic hydroxyl groups excluding tert-OH is 1. The third-order valence-corrected chi connectivity index (χ3v) is 8.49. The summed E-state index contributed by atoms with van der Waals surface area (Å²) in [6, 6.07) is 0. The molecule has 0 amide bonds. The average Bonchev–Trinajstić information content (AvgIpc) is 2.83. The molecule has 0 aliphatic heterocycles. The lowest BCUT2D eigenvalue weighted by molar-refractivity contribution is -0.164. The summed E-state index contributed by atoms with van der Waals surface area (Å²) in [4.78, 5) is 13.3. The Balaban J connectivity index is 1.76. The van der Waals surface area contributed by atoms with Crippen LogP contribution in [0.3, 0.4) is 0 Å². The van der Waals surface area contributed by atoms with Gasteiger partial charge < -0.3 is 10.5 Å². The molecule has 0 radical (unpaired) electrons. The molecule has 134 valence electrons. The zero-order chi connectivity index (χ0) is 17.3. The number of Topliss-reactive ketones (excluding diaryl/α,β-unsaturated/α-hetero) is 1. The first-order chi connectivity index (χ1) is 11.3. The van der Waals surface area contributed by atoms with Crippen LogP contribution < -0.4 is 0 Å². The monoisotopic (exact) mass is 335 g/mol. The molecule has 3 nitrogen and oxygen atoms in total. The molecule has 0 saturated heterocycles. The summed E-state index contributed by atoms with van der Waals surface area (Å²) >= 11 is 0. The SMILES string of the molecule is CC12CCC3C(C(=O)C(CO)C4CC(=N)CCC43C)C1CC(F)C2. The highest BCUT2D eigenvalue weighted by atomic mass is 19.1. The smallest absolute Gasteiger partial charge is 0.142 e. The van der Waals surface area contributed by atoms with Crippen LogP contribution in [-0.4, -0.2) is 29.4 Å². The third kappa shape index (κ3) is 2.11. The number of hydrogen-bond donors (Lipinski definition) is 2. The summed E-state index contributed by atoms with van der Waals surface area (Å²) in [6.45, 7) is 4.36. The summed E-state index contributed by atoms with van der Waals surface area (Å²) in [5, 5.41) is 18.1. The van der Waals surface area contributed by atoms with Gasteiger partial charge in [-0.2, -0.15) is 0 Å². The quantitative estimate of drug-likeness (QED) is 0.766. The number of rotatable bonds is 1. The van der Waals surface area contributed by atoms with Crippen LogP contribution in [0, 0.1) is 45.8 Å². The van der Waals surface area contributed by atoms with Crippen LogP contribution in [0.2, 0.25) is 0 Å². The van der Waals surface area contributed by atoms with Gasteiger partial charge in [0.05, 0.1) is 6.61 Å². The van der Waals surface area contributed by atoms with Crippen molar-refractivity contribution in [1.82, 2.24) is 0 Å². The molecule has 4 fully saturated rings. The predicted molar refractivity (Wildman–Crippen MR) is 90.7 cm³/mol. The van der Waals surface area contributed by atoms with Crippen LogP contribution in [0.25, 0.3) is 0 Å². The largest absolute Gasteiger partial charge is 0.396 e. The van der Waals surface area contributed by atoms with Crippen LogP contribution in [0.4, 0.5) is 4.39 Å². The van der Waals surface area contributed by atoms with E-state index in [1.165, 1.54) is 0 Å². The highest BCUT2D eigenvalue weighted by Gasteiger charge is 2.64. The molecule has 0 bridgehead atoms. The van der Waals surface area contributed by atoms with Gasteiger partial charge in [-0.25, -0.2) is 4.39 Å². The average molecular weight is 335 g/mol.